The van der Waals surface area contributed by atoms with Crippen molar-refractivity contribution in [3.63, 3.8) is 0 Å². The third kappa shape index (κ3) is 7.41. The predicted octanol–water partition coefficient (Wildman–Crippen LogP) is 7.12. The minimum absolute atomic E-state index is 0.0560. The van der Waals surface area contributed by atoms with Gasteiger partial charge in [-0.25, -0.2) is 8.42 Å². The van der Waals surface area contributed by atoms with Gasteiger partial charge in [0.05, 0.1) is 4.90 Å². The highest BCUT2D eigenvalue weighted by atomic mass is 79.9. The number of benzene rings is 2. The average molecular weight is 522 g/mol. The van der Waals surface area contributed by atoms with Gasteiger partial charge in [-0.05, 0) is 51.8 Å². The molecule has 0 saturated heterocycles. The third-order valence-electron chi connectivity index (χ3n) is 4.93. The van der Waals surface area contributed by atoms with E-state index >= 15 is 0 Å². The Morgan fingerprint density at radius 3 is 2.26 bits per heavy atom. The summed E-state index contributed by atoms with van der Waals surface area (Å²) in [5, 5.41) is 0. The van der Waals surface area contributed by atoms with Crippen molar-refractivity contribution in [2.45, 2.75) is 69.4 Å². The third-order valence-corrected chi connectivity index (χ3v) is 7.69. The second-order valence-corrected chi connectivity index (χ2v) is 13.8. The van der Waals surface area contributed by atoms with E-state index in [0.29, 0.717) is 4.90 Å². The van der Waals surface area contributed by atoms with Gasteiger partial charge in [-0.15, -0.1) is 0 Å². The fourth-order valence-electron chi connectivity index (χ4n) is 3.55. The van der Waals surface area contributed by atoms with Gasteiger partial charge in [0.15, 0.2) is 9.84 Å². The highest BCUT2D eigenvalue weighted by Crippen LogP contribution is 2.40. The molecule has 0 aliphatic heterocycles. The summed E-state index contributed by atoms with van der Waals surface area (Å²) in [5.74, 6) is 8.17. The van der Waals surface area contributed by atoms with E-state index in [2.05, 4.69) is 81.4 Å². The Morgan fingerprint density at radius 2 is 1.68 bits per heavy atom. The van der Waals surface area contributed by atoms with E-state index in [-0.39, 0.29) is 10.8 Å². The lowest BCUT2D eigenvalue weighted by Crippen LogP contribution is -2.21. The van der Waals surface area contributed by atoms with Crippen molar-refractivity contribution in [3.05, 3.63) is 63.1 Å². The Hall–Kier alpha value is -1.22. The maximum atomic E-state index is 11.7. The number of hydrogen-bond donors (Lipinski definition) is 0. The van der Waals surface area contributed by atoms with Crippen LogP contribution in [0.4, 0.5) is 0 Å². The molecule has 2 rings (SSSR count). The molecule has 0 bridgehead atoms. The SMILES string of the molecule is CC(C)(C)c1ccc(Br)c(C(C)(C)C)c1CSCCC#Cc1cccc(S(C)(=O)=O)c1. The van der Waals surface area contributed by atoms with Crippen molar-refractivity contribution in [3.8, 4) is 11.8 Å². The number of hydrogen-bond acceptors (Lipinski definition) is 3. The van der Waals surface area contributed by atoms with Crippen molar-refractivity contribution in [2.24, 2.45) is 0 Å². The molecule has 0 amide bonds. The van der Waals surface area contributed by atoms with Gasteiger partial charge in [0.2, 0.25) is 0 Å². The molecule has 0 N–H and O–H groups in total. The molecule has 168 valence electrons. The molecular formula is C26H33BrO2S2. The van der Waals surface area contributed by atoms with Crippen molar-refractivity contribution < 1.29 is 8.42 Å². The van der Waals surface area contributed by atoms with E-state index in [1.54, 1.807) is 18.2 Å². The maximum absolute atomic E-state index is 11.7. The van der Waals surface area contributed by atoms with Gasteiger partial charge >= 0.3 is 0 Å². The largest absolute Gasteiger partial charge is 0.224 e. The lowest BCUT2D eigenvalue weighted by atomic mass is 9.77. The summed E-state index contributed by atoms with van der Waals surface area (Å²) >= 11 is 5.69. The molecule has 2 aromatic rings. The van der Waals surface area contributed by atoms with Gasteiger partial charge in [0.1, 0.15) is 0 Å². The van der Waals surface area contributed by atoms with Crippen LogP contribution in [-0.4, -0.2) is 20.4 Å². The summed E-state index contributed by atoms with van der Waals surface area (Å²) in [6.45, 7) is 13.6. The molecule has 0 unspecified atom stereocenters. The summed E-state index contributed by atoms with van der Waals surface area (Å²) in [6, 6.07) is 11.3. The highest BCUT2D eigenvalue weighted by Gasteiger charge is 2.27. The molecule has 31 heavy (non-hydrogen) atoms. The summed E-state index contributed by atoms with van der Waals surface area (Å²) in [4.78, 5) is 0.313. The minimum atomic E-state index is -3.21. The Balaban J connectivity index is 2.12. The molecule has 0 heterocycles. The van der Waals surface area contributed by atoms with Crippen LogP contribution in [0.3, 0.4) is 0 Å². The zero-order valence-corrected chi connectivity index (χ0v) is 22.8. The van der Waals surface area contributed by atoms with Crippen LogP contribution in [0.5, 0.6) is 0 Å². The van der Waals surface area contributed by atoms with Gasteiger partial charge in [0, 0.05) is 34.2 Å². The topological polar surface area (TPSA) is 34.1 Å². The molecule has 0 aromatic heterocycles. The zero-order valence-electron chi connectivity index (χ0n) is 19.6. The molecule has 0 spiro atoms. The van der Waals surface area contributed by atoms with E-state index in [1.165, 1.54) is 27.4 Å². The minimum Gasteiger partial charge on any atom is -0.224 e. The molecule has 0 aliphatic rings. The average Bonchev–Trinajstić information content (AvgIpc) is 2.62. The molecule has 2 nitrogen and oxygen atoms in total. The first-order valence-corrected chi connectivity index (χ1v) is 14.2. The lowest BCUT2D eigenvalue weighted by Gasteiger charge is -2.31. The Bertz CT molecular complexity index is 1090. The zero-order chi connectivity index (χ0) is 23.4. The first-order valence-electron chi connectivity index (χ1n) is 10.4. The van der Waals surface area contributed by atoms with Crippen LogP contribution in [0.15, 0.2) is 45.8 Å². The van der Waals surface area contributed by atoms with E-state index < -0.39 is 9.84 Å². The summed E-state index contributed by atoms with van der Waals surface area (Å²) in [5.41, 5.74) is 5.09. The quantitative estimate of drug-likeness (QED) is 0.310. The first kappa shape index (κ1) is 26.0. The van der Waals surface area contributed by atoms with Crippen molar-refractivity contribution in [1.29, 1.82) is 0 Å². The monoisotopic (exact) mass is 520 g/mol. The van der Waals surface area contributed by atoms with Crippen molar-refractivity contribution in [2.75, 3.05) is 12.0 Å². The molecule has 0 radical (unpaired) electrons. The van der Waals surface area contributed by atoms with Crippen LogP contribution in [0.2, 0.25) is 0 Å². The maximum Gasteiger partial charge on any atom is 0.175 e. The number of halogens is 1. The van der Waals surface area contributed by atoms with Gasteiger partial charge in [-0.2, -0.15) is 11.8 Å². The first-order chi connectivity index (χ1) is 14.2. The fourth-order valence-corrected chi connectivity index (χ4v) is 6.08. The van der Waals surface area contributed by atoms with Crippen LogP contribution in [-0.2, 0) is 26.4 Å². The number of sulfone groups is 1. The van der Waals surface area contributed by atoms with Gasteiger partial charge in [-0.1, -0.05) is 81.4 Å². The van der Waals surface area contributed by atoms with Crippen LogP contribution in [0.25, 0.3) is 0 Å². The van der Waals surface area contributed by atoms with E-state index in [0.717, 1.165) is 23.5 Å². The normalized spacial score (nSPS) is 12.4. The molecular weight excluding hydrogens is 488 g/mol. The van der Waals surface area contributed by atoms with E-state index in [4.69, 9.17) is 0 Å². The fraction of sp³-hybridized carbons (Fsp3) is 0.462. The van der Waals surface area contributed by atoms with Crippen LogP contribution in [0.1, 0.15) is 70.2 Å². The molecule has 5 heteroatoms. The molecule has 0 fully saturated rings. The van der Waals surface area contributed by atoms with E-state index in [9.17, 15) is 8.42 Å². The molecule has 0 saturated carbocycles. The summed E-state index contributed by atoms with van der Waals surface area (Å²) < 4.78 is 24.6. The summed E-state index contributed by atoms with van der Waals surface area (Å²) in [7, 11) is -3.21. The highest BCUT2D eigenvalue weighted by molar-refractivity contribution is 9.10. The van der Waals surface area contributed by atoms with Crippen LogP contribution < -0.4 is 0 Å². The number of thioether (sulfide) groups is 1. The Morgan fingerprint density at radius 1 is 1.00 bits per heavy atom. The molecule has 2 aromatic carbocycles. The standard InChI is InChI=1S/C26H33BrO2S2/c1-25(2,3)22-14-15-23(27)24(26(4,5)6)21(22)18-30-16-9-8-11-19-12-10-13-20(17-19)31(7,28)29/h10,12-15,17H,9,16,18H2,1-7H3. The summed E-state index contributed by atoms with van der Waals surface area (Å²) in [6.07, 6.45) is 1.98. The lowest BCUT2D eigenvalue weighted by molar-refractivity contribution is 0.558. The predicted molar refractivity (Wildman–Crippen MR) is 139 cm³/mol. The van der Waals surface area contributed by atoms with Crippen molar-refractivity contribution in [1.82, 2.24) is 0 Å². The smallest absolute Gasteiger partial charge is 0.175 e. The van der Waals surface area contributed by atoms with Gasteiger partial charge < -0.3 is 0 Å². The second-order valence-electron chi connectivity index (χ2n) is 9.85. The number of rotatable bonds is 5. The second kappa shape index (κ2) is 10.1. The Labute approximate surface area is 201 Å². The van der Waals surface area contributed by atoms with Crippen LogP contribution >= 0.6 is 27.7 Å². The van der Waals surface area contributed by atoms with Crippen molar-refractivity contribution >= 4 is 37.5 Å². The Kier molecular flexibility index (Phi) is 8.52. The van der Waals surface area contributed by atoms with Gasteiger partial charge in [0.25, 0.3) is 0 Å². The molecule has 0 atom stereocenters. The van der Waals surface area contributed by atoms with Crippen LogP contribution in [0, 0.1) is 11.8 Å². The molecule has 0 aliphatic carbocycles. The van der Waals surface area contributed by atoms with E-state index in [1.807, 2.05) is 17.8 Å². The van der Waals surface area contributed by atoms with Gasteiger partial charge in [-0.3, -0.25) is 0 Å².